The number of carboxylic acids is 1. The van der Waals surface area contributed by atoms with Gasteiger partial charge in [-0.25, -0.2) is 4.79 Å². The number of benzene rings is 2. The summed E-state index contributed by atoms with van der Waals surface area (Å²) in [5.74, 6) is -0.586. The Morgan fingerprint density at radius 2 is 1.65 bits per heavy atom. The number of ether oxygens (including phenoxy) is 1. The van der Waals surface area contributed by atoms with Crippen molar-refractivity contribution in [3.63, 3.8) is 0 Å². The van der Waals surface area contributed by atoms with Gasteiger partial charge in [-0.2, -0.15) is 13.2 Å². The summed E-state index contributed by atoms with van der Waals surface area (Å²) in [4.78, 5) is 11.4. The number of aliphatic carboxylic acids is 1. The summed E-state index contributed by atoms with van der Waals surface area (Å²) in [5, 5.41) is 12.1. The fourth-order valence-corrected chi connectivity index (χ4v) is 2.01. The summed E-state index contributed by atoms with van der Waals surface area (Å²) in [7, 11) is 1.50. The molecule has 0 heterocycles. The monoisotopic (exact) mass is 325 g/mol. The van der Waals surface area contributed by atoms with Crippen LogP contribution >= 0.6 is 0 Å². The Kier molecular flexibility index (Phi) is 4.78. The predicted molar refractivity (Wildman–Crippen MR) is 78.4 cm³/mol. The number of carbonyl (C=O) groups is 1. The highest BCUT2D eigenvalue weighted by Gasteiger charge is 2.30. The van der Waals surface area contributed by atoms with Crippen LogP contribution in [-0.4, -0.2) is 18.2 Å². The smallest absolute Gasteiger partial charge is 0.416 e. The quantitative estimate of drug-likeness (QED) is 0.874. The van der Waals surface area contributed by atoms with Crippen molar-refractivity contribution in [1.29, 1.82) is 0 Å². The van der Waals surface area contributed by atoms with Crippen LogP contribution in [0.25, 0.3) is 0 Å². The van der Waals surface area contributed by atoms with E-state index in [-0.39, 0.29) is 5.56 Å². The molecule has 7 heteroatoms. The van der Waals surface area contributed by atoms with E-state index in [1.54, 1.807) is 24.3 Å². The lowest BCUT2D eigenvalue weighted by Crippen LogP contribution is -2.20. The summed E-state index contributed by atoms with van der Waals surface area (Å²) in [6.45, 7) is 0. The van der Waals surface area contributed by atoms with E-state index in [0.29, 0.717) is 11.4 Å². The van der Waals surface area contributed by atoms with Gasteiger partial charge in [0.1, 0.15) is 5.75 Å². The third kappa shape index (κ3) is 4.15. The summed E-state index contributed by atoms with van der Waals surface area (Å²) in [5.41, 5.74) is -0.0887. The molecule has 0 amide bonds. The largest absolute Gasteiger partial charge is 0.497 e. The first kappa shape index (κ1) is 16.7. The second kappa shape index (κ2) is 6.60. The van der Waals surface area contributed by atoms with Crippen LogP contribution < -0.4 is 10.1 Å². The minimum absolute atomic E-state index is 0.223. The fourth-order valence-electron chi connectivity index (χ4n) is 2.01. The number of hydrogen-bond acceptors (Lipinski definition) is 3. The molecule has 0 spiro atoms. The van der Waals surface area contributed by atoms with Gasteiger partial charge < -0.3 is 15.2 Å². The highest BCUT2D eigenvalue weighted by molar-refractivity contribution is 5.79. The van der Waals surface area contributed by atoms with Gasteiger partial charge in [0, 0.05) is 5.69 Å². The number of anilines is 1. The van der Waals surface area contributed by atoms with Gasteiger partial charge in [0.25, 0.3) is 0 Å². The highest BCUT2D eigenvalue weighted by Crippen LogP contribution is 2.30. The van der Waals surface area contributed by atoms with Crippen molar-refractivity contribution in [2.45, 2.75) is 12.2 Å². The lowest BCUT2D eigenvalue weighted by atomic mass is 10.0. The first-order valence-electron chi connectivity index (χ1n) is 6.62. The van der Waals surface area contributed by atoms with Gasteiger partial charge in [-0.05, 0) is 42.0 Å². The molecular weight excluding hydrogens is 311 g/mol. The van der Waals surface area contributed by atoms with Crippen LogP contribution in [0.2, 0.25) is 0 Å². The maximum absolute atomic E-state index is 12.6. The minimum atomic E-state index is -4.46. The molecule has 0 aliphatic heterocycles. The van der Waals surface area contributed by atoms with E-state index in [4.69, 9.17) is 4.74 Å². The Morgan fingerprint density at radius 1 is 1.09 bits per heavy atom. The number of hydrogen-bond donors (Lipinski definition) is 2. The number of alkyl halides is 3. The zero-order chi connectivity index (χ0) is 17.0. The third-order valence-electron chi connectivity index (χ3n) is 3.22. The second-order valence-corrected chi connectivity index (χ2v) is 4.76. The minimum Gasteiger partial charge on any atom is -0.497 e. The van der Waals surface area contributed by atoms with Crippen molar-refractivity contribution < 1.29 is 27.8 Å². The summed E-state index contributed by atoms with van der Waals surface area (Å²) >= 11 is 0. The van der Waals surface area contributed by atoms with Crippen LogP contribution in [-0.2, 0) is 11.0 Å². The first-order chi connectivity index (χ1) is 10.8. The van der Waals surface area contributed by atoms with Gasteiger partial charge in [0.2, 0.25) is 0 Å². The molecule has 0 bridgehead atoms. The van der Waals surface area contributed by atoms with Gasteiger partial charge in [-0.15, -0.1) is 0 Å². The van der Waals surface area contributed by atoms with Gasteiger partial charge in [0.15, 0.2) is 6.04 Å². The molecule has 2 aromatic rings. The Bertz CT molecular complexity index is 666. The molecule has 0 aromatic heterocycles. The van der Waals surface area contributed by atoms with Crippen molar-refractivity contribution in [3.05, 3.63) is 59.7 Å². The van der Waals surface area contributed by atoms with E-state index in [1.807, 2.05) is 0 Å². The highest BCUT2D eigenvalue weighted by atomic mass is 19.4. The number of rotatable bonds is 5. The predicted octanol–water partition coefficient (Wildman–Crippen LogP) is 3.95. The molecule has 23 heavy (non-hydrogen) atoms. The van der Waals surface area contributed by atoms with Crippen molar-refractivity contribution in [2.24, 2.45) is 0 Å². The van der Waals surface area contributed by atoms with Gasteiger partial charge >= 0.3 is 12.1 Å². The average Bonchev–Trinajstić information content (AvgIpc) is 2.52. The van der Waals surface area contributed by atoms with Crippen LogP contribution in [0.4, 0.5) is 18.9 Å². The Morgan fingerprint density at radius 3 is 2.09 bits per heavy atom. The number of nitrogens with one attached hydrogen (secondary N) is 1. The lowest BCUT2D eigenvalue weighted by Gasteiger charge is -2.17. The van der Waals surface area contributed by atoms with Crippen molar-refractivity contribution in [3.8, 4) is 5.75 Å². The average molecular weight is 325 g/mol. The molecule has 0 aliphatic carbocycles. The standard InChI is InChI=1S/C16H14F3NO3/c1-23-13-8-6-12(7-9-13)20-14(15(21)22)10-2-4-11(5-3-10)16(17,18)19/h2-9,14,20H,1H3,(H,21,22). The maximum Gasteiger partial charge on any atom is 0.416 e. The third-order valence-corrected chi connectivity index (χ3v) is 3.22. The van der Waals surface area contributed by atoms with Gasteiger partial charge in [-0.3, -0.25) is 0 Å². The molecule has 2 aromatic carbocycles. The van der Waals surface area contributed by atoms with E-state index in [9.17, 15) is 23.1 Å². The number of halogens is 3. The van der Waals surface area contributed by atoms with E-state index in [2.05, 4.69) is 5.32 Å². The Hall–Kier alpha value is -2.70. The zero-order valence-electron chi connectivity index (χ0n) is 12.1. The summed E-state index contributed by atoms with van der Waals surface area (Å²) in [6, 6.07) is 9.41. The van der Waals surface area contributed by atoms with E-state index in [1.165, 1.54) is 7.11 Å². The Labute approximate surface area is 130 Å². The van der Waals surface area contributed by atoms with Gasteiger partial charge in [-0.1, -0.05) is 12.1 Å². The van der Waals surface area contributed by atoms with Crippen molar-refractivity contribution in [1.82, 2.24) is 0 Å². The molecule has 0 fully saturated rings. The van der Waals surface area contributed by atoms with Crippen molar-refractivity contribution >= 4 is 11.7 Å². The van der Waals surface area contributed by atoms with Crippen LogP contribution in [0.5, 0.6) is 5.75 Å². The summed E-state index contributed by atoms with van der Waals surface area (Å²) in [6.07, 6.45) is -4.46. The number of methoxy groups -OCH3 is 1. The fraction of sp³-hybridized carbons (Fsp3) is 0.188. The van der Waals surface area contributed by atoms with Crippen molar-refractivity contribution in [2.75, 3.05) is 12.4 Å². The van der Waals surface area contributed by atoms with Gasteiger partial charge in [0.05, 0.1) is 12.7 Å². The van der Waals surface area contributed by atoms with E-state index in [0.717, 1.165) is 24.3 Å². The van der Waals surface area contributed by atoms with Crippen LogP contribution in [0.1, 0.15) is 17.2 Å². The molecule has 2 rings (SSSR count). The molecule has 122 valence electrons. The van der Waals surface area contributed by atoms with Crippen LogP contribution in [0.3, 0.4) is 0 Å². The molecule has 2 N–H and O–H groups in total. The molecule has 4 nitrogen and oxygen atoms in total. The SMILES string of the molecule is COc1ccc(NC(C(=O)O)c2ccc(C(F)(F)F)cc2)cc1. The van der Waals surface area contributed by atoms with E-state index < -0.39 is 23.8 Å². The normalized spacial score (nSPS) is 12.5. The van der Waals surface area contributed by atoms with E-state index >= 15 is 0 Å². The second-order valence-electron chi connectivity index (χ2n) is 4.76. The molecule has 0 saturated carbocycles. The molecule has 0 radical (unpaired) electrons. The van der Waals surface area contributed by atoms with Crippen LogP contribution in [0, 0.1) is 0 Å². The molecule has 1 atom stereocenters. The lowest BCUT2D eigenvalue weighted by molar-refractivity contribution is -0.138. The summed E-state index contributed by atoms with van der Waals surface area (Å²) < 4.78 is 42.7. The molecule has 0 aliphatic rings. The molecule has 0 saturated heterocycles. The van der Waals surface area contributed by atoms with Crippen LogP contribution in [0.15, 0.2) is 48.5 Å². The number of carboxylic acid groups (broad SMARTS) is 1. The maximum atomic E-state index is 12.6. The topological polar surface area (TPSA) is 58.6 Å². The zero-order valence-corrected chi connectivity index (χ0v) is 12.1. The first-order valence-corrected chi connectivity index (χ1v) is 6.62. The Balaban J connectivity index is 2.22. The molecular formula is C16H14F3NO3. The molecule has 1 unspecified atom stereocenters.